The molecule has 4 rings (SSSR count). The highest BCUT2D eigenvalue weighted by molar-refractivity contribution is 7.92. The number of benzene rings is 2. The second kappa shape index (κ2) is 5.79. The van der Waals surface area contributed by atoms with Crippen molar-refractivity contribution >= 4 is 15.7 Å². The first-order chi connectivity index (χ1) is 11.6. The van der Waals surface area contributed by atoms with E-state index >= 15 is 0 Å². The SMILES string of the molecule is O=S(=O)(Nc1ccc2c(c1)OCO2)c1ccc2c(c1)OCCCO2. The lowest BCUT2D eigenvalue weighted by molar-refractivity contribution is 0.174. The molecule has 0 fully saturated rings. The van der Waals surface area contributed by atoms with Crippen molar-refractivity contribution in [3.8, 4) is 23.0 Å². The Kier molecular flexibility index (Phi) is 3.61. The minimum absolute atomic E-state index is 0.101. The highest BCUT2D eigenvalue weighted by Gasteiger charge is 2.20. The van der Waals surface area contributed by atoms with Gasteiger partial charge in [0.25, 0.3) is 10.0 Å². The molecule has 2 aromatic rings. The second-order valence-corrected chi connectivity index (χ2v) is 7.01. The van der Waals surface area contributed by atoms with E-state index in [2.05, 4.69) is 4.72 Å². The van der Waals surface area contributed by atoms with Crippen LogP contribution < -0.4 is 23.7 Å². The minimum Gasteiger partial charge on any atom is -0.490 e. The van der Waals surface area contributed by atoms with E-state index in [9.17, 15) is 8.42 Å². The molecule has 0 aliphatic carbocycles. The van der Waals surface area contributed by atoms with Crippen LogP contribution in [0.15, 0.2) is 41.3 Å². The molecule has 8 heteroatoms. The predicted molar refractivity (Wildman–Crippen MR) is 85.4 cm³/mol. The van der Waals surface area contributed by atoms with E-state index in [4.69, 9.17) is 18.9 Å². The van der Waals surface area contributed by atoms with Gasteiger partial charge in [0.2, 0.25) is 6.79 Å². The Morgan fingerprint density at radius 2 is 1.46 bits per heavy atom. The average Bonchev–Trinajstić information content (AvgIpc) is 2.89. The molecule has 2 aliphatic rings. The molecule has 0 saturated carbocycles. The number of nitrogens with one attached hydrogen (secondary N) is 1. The van der Waals surface area contributed by atoms with Crippen LogP contribution in [0.2, 0.25) is 0 Å². The zero-order valence-corrected chi connectivity index (χ0v) is 13.5. The van der Waals surface area contributed by atoms with Gasteiger partial charge in [0.15, 0.2) is 23.0 Å². The van der Waals surface area contributed by atoms with Crippen molar-refractivity contribution in [3.05, 3.63) is 36.4 Å². The number of sulfonamides is 1. The largest absolute Gasteiger partial charge is 0.490 e. The monoisotopic (exact) mass is 349 g/mol. The maximum absolute atomic E-state index is 12.6. The molecule has 0 aromatic heterocycles. The quantitative estimate of drug-likeness (QED) is 0.916. The average molecular weight is 349 g/mol. The topological polar surface area (TPSA) is 83.1 Å². The van der Waals surface area contributed by atoms with Crippen molar-refractivity contribution < 1.29 is 27.4 Å². The molecular formula is C16H15NO6S. The Balaban J connectivity index is 1.62. The summed E-state index contributed by atoms with van der Waals surface area (Å²) in [5.41, 5.74) is 0.395. The van der Waals surface area contributed by atoms with Crippen LogP contribution in [-0.4, -0.2) is 28.4 Å². The number of rotatable bonds is 3. The van der Waals surface area contributed by atoms with Gasteiger partial charge in [-0.1, -0.05) is 0 Å². The van der Waals surface area contributed by atoms with E-state index in [0.717, 1.165) is 6.42 Å². The van der Waals surface area contributed by atoms with Crippen LogP contribution in [0, 0.1) is 0 Å². The molecule has 1 N–H and O–H groups in total. The van der Waals surface area contributed by atoms with Gasteiger partial charge in [-0.15, -0.1) is 0 Å². The molecule has 0 saturated heterocycles. The van der Waals surface area contributed by atoms with Crippen molar-refractivity contribution in [1.82, 2.24) is 0 Å². The molecule has 0 atom stereocenters. The third-order valence-electron chi connectivity index (χ3n) is 3.65. The standard InChI is InChI=1S/C16H15NO6S/c18-24(19,17-11-2-4-14-15(8-11)23-10-22-14)12-3-5-13-16(9-12)21-7-1-6-20-13/h2-5,8-9,17H,1,6-7,10H2. The molecule has 0 unspecified atom stereocenters. The van der Waals surface area contributed by atoms with Gasteiger partial charge in [0, 0.05) is 18.6 Å². The Hall–Kier alpha value is -2.61. The lowest BCUT2D eigenvalue weighted by atomic mass is 10.3. The molecule has 2 aromatic carbocycles. The first-order valence-electron chi connectivity index (χ1n) is 7.44. The van der Waals surface area contributed by atoms with Crippen molar-refractivity contribution in [2.24, 2.45) is 0 Å². The van der Waals surface area contributed by atoms with E-state index < -0.39 is 10.0 Å². The lowest BCUT2D eigenvalue weighted by Crippen LogP contribution is -2.13. The van der Waals surface area contributed by atoms with Gasteiger partial charge < -0.3 is 18.9 Å². The van der Waals surface area contributed by atoms with Crippen molar-refractivity contribution in [2.75, 3.05) is 24.7 Å². The van der Waals surface area contributed by atoms with Crippen molar-refractivity contribution in [3.63, 3.8) is 0 Å². The summed E-state index contributed by atoms with van der Waals surface area (Å²) in [5.74, 6) is 2.08. The van der Waals surface area contributed by atoms with Crippen LogP contribution in [0.5, 0.6) is 23.0 Å². The summed E-state index contributed by atoms with van der Waals surface area (Å²) >= 11 is 0. The number of hydrogen-bond donors (Lipinski definition) is 1. The lowest BCUT2D eigenvalue weighted by Gasteiger charge is -2.11. The first kappa shape index (κ1) is 14.9. The molecule has 0 spiro atoms. The van der Waals surface area contributed by atoms with Crippen molar-refractivity contribution in [2.45, 2.75) is 11.3 Å². The van der Waals surface area contributed by atoms with Crippen LogP contribution >= 0.6 is 0 Å². The number of hydrogen-bond acceptors (Lipinski definition) is 6. The summed E-state index contributed by atoms with van der Waals surface area (Å²) in [6.07, 6.45) is 0.756. The summed E-state index contributed by atoms with van der Waals surface area (Å²) in [4.78, 5) is 0.101. The summed E-state index contributed by atoms with van der Waals surface area (Å²) in [7, 11) is -3.76. The fourth-order valence-electron chi connectivity index (χ4n) is 2.48. The van der Waals surface area contributed by atoms with Crippen LogP contribution in [-0.2, 0) is 10.0 Å². The van der Waals surface area contributed by atoms with Gasteiger partial charge in [-0.3, -0.25) is 4.72 Å². The maximum Gasteiger partial charge on any atom is 0.262 e. The molecule has 126 valence electrons. The summed E-state index contributed by atoms with van der Waals surface area (Å²) in [6.45, 7) is 1.17. The van der Waals surface area contributed by atoms with Crippen molar-refractivity contribution in [1.29, 1.82) is 0 Å². The molecule has 0 radical (unpaired) electrons. The molecule has 7 nitrogen and oxygen atoms in total. The highest BCUT2D eigenvalue weighted by Crippen LogP contribution is 2.36. The molecule has 2 heterocycles. The molecule has 0 bridgehead atoms. The maximum atomic E-state index is 12.6. The first-order valence-corrected chi connectivity index (χ1v) is 8.92. The summed E-state index contributed by atoms with van der Waals surface area (Å²) < 4.78 is 49.2. The van der Waals surface area contributed by atoms with Crippen LogP contribution in [0.4, 0.5) is 5.69 Å². The Morgan fingerprint density at radius 1 is 0.792 bits per heavy atom. The third-order valence-corrected chi connectivity index (χ3v) is 5.03. The van der Waals surface area contributed by atoms with Crippen LogP contribution in [0.3, 0.4) is 0 Å². The highest BCUT2D eigenvalue weighted by atomic mass is 32.2. The van der Waals surface area contributed by atoms with E-state index in [1.165, 1.54) is 12.1 Å². The number of fused-ring (bicyclic) bond motifs is 2. The Morgan fingerprint density at radius 3 is 2.33 bits per heavy atom. The molecule has 0 amide bonds. The van der Waals surface area contributed by atoms with Gasteiger partial charge in [0.1, 0.15) is 0 Å². The molecular weight excluding hydrogens is 334 g/mol. The summed E-state index contributed by atoms with van der Waals surface area (Å²) in [5, 5.41) is 0. The smallest absolute Gasteiger partial charge is 0.262 e. The fourth-order valence-corrected chi connectivity index (χ4v) is 3.55. The summed E-state index contributed by atoms with van der Waals surface area (Å²) in [6, 6.07) is 9.43. The molecule has 2 aliphatic heterocycles. The number of anilines is 1. The zero-order valence-electron chi connectivity index (χ0n) is 12.7. The zero-order chi connectivity index (χ0) is 16.6. The third kappa shape index (κ3) is 2.80. The minimum atomic E-state index is -3.76. The van der Waals surface area contributed by atoms with Gasteiger partial charge >= 0.3 is 0 Å². The van der Waals surface area contributed by atoms with Gasteiger partial charge in [0.05, 0.1) is 23.8 Å². The van der Waals surface area contributed by atoms with E-state index in [0.29, 0.717) is 41.9 Å². The number of ether oxygens (including phenoxy) is 4. The van der Waals surface area contributed by atoms with Crippen LogP contribution in [0.25, 0.3) is 0 Å². The normalized spacial score (nSPS) is 15.7. The van der Waals surface area contributed by atoms with Gasteiger partial charge in [-0.25, -0.2) is 8.42 Å². The van der Waals surface area contributed by atoms with E-state index in [-0.39, 0.29) is 11.7 Å². The Bertz CT molecular complexity index is 880. The van der Waals surface area contributed by atoms with E-state index in [1.54, 1.807) is 24.3 Å². The predicted octanol–water partition coefficient (Wildman–Crippen LogP) is 2.38. The Labute approximate surface area is 139 Å². The van der Waals surface area contributed by atoms with Gasteiger partial charge in [-0.2, -0.15) is 0 Å². The molecule has 24 heavy (non-hydrogen) atoms. The van der Waals surface area contributed by atoms with Crippen LogP contribution in [0.1, 0.15) is 6.42 Å². The second-order valence-electron chi connectivity index (χ2n) is 5.33. The fraction of sp³-hybridized carbons (Fsp3) is 0.250. The van der Waals surface area contributed by atoms with E-state index in [1.807, 2.05) is 0 Å². The van der Waals surface area contributed by atoms with Gasteiger partial charge in [-0.05, 0) is 24.3 Å².